The van der Waals surface area contributed by atoms with Crippen LogP contribution in [-0.2, 0) is 0 Å². The number of aromatic hydroxyl groups is 2. The van der Waals surface area contributed by atoms with Crippen molar-refractivity contribution in [1.29, 1.82) is 0 Å². The van der Waals surface area contributed by atoms with Gasteiger partial charge in [-0.15, -0.1) is 0 Å². The largest absolute Gasteiger partial charge is 0.504 e. The molecule has 1 aliphatic carbocycles. The molecular weight excluding hydrogens is 212 g/mol. The number of hydrogen-bond acceptors (Lipinski definition) is 2. The van der Waals surface area contributed by atoms with Gasteiger partial charge in [0.05, 0.1) is 0 Å². The van der Waals surface area contributed by atoms with Crippen molar-refractivity contribution in [2.24, 2.45) is 5.92 Å². The molecule has 1 aromatic carbocycles. The molecule has 2 atom stereocenters. The van der Waals surface area contributed by atoms with Crippen LogP contribution in [0, 0.1) is 12.8 Å². The monoisotopic (exact) mass is 234 g/mol. The molecule has 0 spiro atoms. The Labute approximate surface area is 103 Å². The normalized spacial score (nSPS) is 23.8. The van der Waals surface area contributed by atoms with Gasteiger partial charge >= 0.3 is 0 Å². The molecular formula is C15H22O2. The Hall–Kier alpha value is -1.18. The number of benzene rings is 1. The Morgan fingerprint density at radius 1 is 1.18 bits per heavy atom. The zero-order chi connectivity index (χ0) is 12.7. The molecule has 0 saturated heterocycles. The first-order valence-electron chi connectivity index (χ1n) is 6.48. The summed E-state index contributed by atoms with van der Waals surface area (Å²) in [5.74, 6) is 1.58. The van der Waals surface area contributed by atoms with E-state index in [2.05, 4.69) is 26.8 Å². The Morgan fingerprint density at radius 2 is 1.82 bits per heavy atom. The SMILES string of the molecule is Cc1cc2c(c(O)c1O)[C@@H](C)CC[C@H]2C(C)C. The zero-order valence-corrected chi connectivity index (χ0v) is 11.1. The molecule has 94 valence electrons. The van der Waals surface area contributed by atoms with E-state index in [1.807, 2.05) is 6.92 Å². The number of aryl methyl sites for hydroxylation is 1. The lowest BCUT2D eigenvalue weighted by molar-refractivity contribution is 0.367. The summed E-state index contributed by atoms with van der Waals surface area (Å²) >= 11 is 0. The van der Waals surface area contributed by atoms with E-state index < -0.39 is 0 Å². The number of hydrogen-bond donors (Lipinski definition) is 2. The van der Waals surface area contributed by atoms with Crippen molar-refractivity contribution in [3.63, 3.8) is 0 Å². The quantitative estimate of drug-likeness (QED) is 0.720. The van der Waals surface area contributed by atoms with E-state index >= 15 is 0 Å². The maximum Gasteiger partial charge on any atom is 0.161 e. The number of phenolic OH excluding ortho intramolecular Hbond substituents is 2. The summed E-state index contributed by atoms with van der Waals surface area (Å²) in [4.78, 5) is 0. The van der Waals surface area contributed by atoms with E-state index in [1.165, 1.54) is 12.0 Å². The molecule has 1 aromatic rings. The van der Waals surface area contributed by atoms with Crippen LogP contribution in [0.25, 0.3) is 0 Å². The van der Waals surface area contributed by atoms with Crippen molar-refractivity contribution in [1.82, 2.24) is 0 Å². The highest BCUT2D eigenvalue weighted by molar-refractivity contribution is 5.56. The Morgan fingerprint density at radius 3 is 2.41 bits per heavy atom. The predicted octanol–water partition coefficient (Wildman–Crippen LogP) is 4.04. The first-order chi connectivity index (χ1) is 7.93. The molecule has 2 nitrogen and oxygen atoms in total. The lowest BCUT2D eigenvalue weighted by Crippen LogP contribution is -2.17. The van der Waals surface area contributed by atoms with Crippen LogP contribution in [-0.4, -0.2) is 10.2 Å². The van der Waals surface area contributed by atoms with Gasteiger partial charge in [-0.3, -0.25) is 0 Å². The number of fused-ring (bicyclic) bond motifs is 1. The van der Waals surface area contributed by atoms with Gasteiger partial charge in [-0.1, -0.05) is 26.8 Å². The molecule has 0 heterocycles. The van der Waals surface area contributed by atoms with E-state index in [4.69, 9.17) is 0 Å². The van der Waals surface area contributed by atoms with Crippen LogP contribution in [0.1, 0.15) is 62.1 Å². The Kier molecular flexibility index (Phi) is 3.07. The van der Waals surface area contributed by atoms with Crippen LogP contribution < -0.4 is 0 Å². The van der Waals surface area contributed by atoms with Crippen molar-refractivity contribution in [2.75, 3.05) is 0 Å². The second-order valence-electron chi connectivity index (χ2n) is 5.72. The van der Waals surface area contributed by atoms with Crippen LogP contribution in [0.5, 0.6) is 11.5 Å². The fourth-order valence-electron chi connectivity index (χ4n) is 3.08. The average molecular weight is 234 g/mol. The maximum absolute atomic E-state index is 10.1. The van der Waals surface area contributed by atoms with Gasteiger partial charge in [0.25, 0.3) is 0 Å². The summed E-state index contributed by atoms with van der Waals surface area (Å²) in [6.45, 7) is 8.43. The minimum atomic E-state index is 0.0556. The van der Waals surface area contributed by atoms with E-state index in [9.17, 15) is 10.2 Å². The topological polar surface area (TPSA) is 40.5 Å². The Bertz CT molecular complexity index is 435. The van der Waals surface area contributed by atoms with Crippen LogP contribution in [0.4, 0.5) is 0 Å². The predicted molar refractivity (Wildman–Crippen MR) is 69.7 cm³/mol. The second-order valence-corrected chi connectivity index (χ2v) is 5.72. The van der Waals surface area contributed by atoms with Crippen LogP contribution in [0.15, 0.2) is 6.07 Å². The third-order valence-electron chi connectivity index (χ3n) is 4.14. The molecule has 1 aliphatic rings. The molecule has 0 bridgehead atoms. The van der Waals surface area contributed by atoms with Gasteiger partial charge < -0.3 is 10.2 Å². The highest BCUT2D eigenvalue weighted by Crippen LogP contribution is 2.49. The Balaban J connectivity index is 2.63. The summed E-state index contributed by atoms with van der Waals surface area (Å²) in [5, 5.41) is 20.0. The summed E-state index contributed by atoms with van der Waals surface area (Å²) in [6.07, 6.45) is 2.27. The molecule has 0 saturated carbocycles. The van der Waals surface area contributed by atoms with E-state index in [1.54, 1.807) is 0 Å². The van der Waals surface area contributed by atoms with Crippen LogP contribution in [0.2, 0.25) is 0 Å². The number of phenols is 2. The molecule has 0 unspecified atom stereocenters. The fourth-order valence-corrected chi connectivity index (χ4v) is 3.08. The summed E-state index contributed by atoms with van der Waals surface area (Å²) < 4.78 is 0. The minimum absolute atomic E-state index is 0.0556. The van der Waals surface area contributed by atoms with E-state index in [0.29, 0.717) is 17.8 Å². The average Bonchev–Trinajstić information content (AvgIpc) is 2.25. The maximum atomic E-state index is 10.1. The van der Waals surface area contributed by atoms with Gasteiger partial charge in [-0.05, 0) is 48.6 Å². The van der Waals surface area contributed by atoms with Crippen molar-refractivity contribution in [3.05, 3.63) is 22.8 Å². The van der Waals surface area contributed by atoms with Crippen molar-refractivity contribution >= 4 is 0 Å². The highest BCUT2D eigenvalue weighted by Gasteiger charge is 2.30. The first-order valence-corrected chi connectivity index (χ1v) is 6.48. The standard InChI is InChI=1S/C15H22O2/c1-8(2)11-6-5-9(3)13-12(11)7-10(4)14(16)15(13)17/h7-9,11,16-17H,5-6H2,1-4H3/t9-,11-/m0/s1. The highest BCUT2D eigenvalue weighted by atomic mass is 16.3. The third kappa shape index (κ3) is 1.90. The van der Waals surface area contributed by atoms with Crippen LogP contribution in [0.3, 0.4) is 0 Å². The van der Waals surface area contributed by atoms with Gasteiger partial charge in [0.2, 0.25) is 0 Å². The minimum Gasteiger partial charge on any atom is -0.504 e. The summed E-state index contributed by atoms with van der Waals surface area (Å²) in [5.41, 5.74) is 2.99. The van der Waals surface area contributed by atoms with E-state index in [0.717, 1.165) is 17.5 Å². The summed E-state index contributed by atoms with van der Waals surface area (Å²) in [6, 6.07) is 2.06. The zero-order valence-electron chi connectivity index (χ0n) is 11.1. The lowest BCUT2D eigenvalue weighted by Gasteiger charge is -2.33. The van der Waals surface area contributed by atoms with Gasteiger partial charge in [0, 0.05) is 5.56 Å². The molecule has 0 fully saturated rings. The smallest absolute Gasteiger partial charge is 0.161 e. The molecule has 0 aliphatic heterocycles. The molecule has 2 N–H and O–H groups in total. The second kappa shape index (κ2) is 4.25. The molecule has 17 heavy (non-hydrogen) atoms. The molecule has 0 aromatic heterocycles. The molecule has 2 heteroatoms. The summed E-state index contributed by atoms with van der Waals surface area (Å²) in [7, 11) is 0. The number of rotatable bonds is 1. The van der Waals surface area contributed by atoms with Gasteiger partial charge in [-0.2, -0.15) is 0 Å². The van der Waals surface area contributed by atoms with Gasteiger partial charge in [0.15, 0.2) is 11.5 Å². The molecule has 0 radical (unpaired) electrons. The van der Waals surface area contributed by atoms with Crippen molar-refractivity contribution in [2.45, 2.75) is 52.4 Å². The van der Waals surface area contributed by atoms with Gasteiger partial charge in [0.1, 0.15) is 0 Å². The van der Waals surface area contributed by atoms with Gasteiger partial charge in [-0.25, -0.2) is 0 Å². The lowest BCUT2D eigenvalue weighted by atomic mass is 9.72. The van der Waals surface area contributed by atoms with Crippen molar-refractivity contribution in [3.8, 4) is 11.5 Å². The van der Waals surface area contributed by atoms with Crippen LogP contribution >= 0.6 is 0 Å². The van der Waals surface area contributed by atoms with Crippen molar-refractivity contribution < 1.29 is 10.2 Å². The molecule has 0 amide bonds. The fraction of sp³-hybridized carbons (Fsp3) is 0.600. The first kappa shape index (κ1) is 12.3. The molecule has 2 rings (SSSR count). The third-order valence-corrected chi connectivity index (χ3v) is 4.14. The van der Waals surface area contributed by atoms with E-state index in [-0.39, 0.29) is 11.5 Å².